The maximum atomic E-state index is 13.9. The Morgan fingerprint density at radius 1 is 0.639 bits per heavy atom. The van der Waals surface area contributed by atoms with Crippen LogP contribution in [0.5, 0.6) is 0 Å². The van der Waals surface area contributed by atoms with Gasteiger partial charge in [0, 0.05) is 90.1 Å². The molecule has 83 heavy (non-hydrogen) atoms. The first-order valence-electron chi connectivity index (χ1n) is 28.2. The van der Waals surface area contributed by atoms with Gasteiger partial charge in [-0.15, -0.1) is 0 Å². The fraction of sp³-hybridized carbons (Fsp3) is 0.525. The summed E-state index contributed by atoms with van der Waals surface area (Å²) in [5.74, 6) is -5.84. The van der Waals surface area contributed by atoms with Crippen LogP contribution in [0.2, 0.25) is 0 Å². The van der Waals surface area contributed by atoms with Crippen molar-refractivity contribution < 1.29 is 36.5 Å². The fourth-order valence-electron chi connectivity index (χ4n) is 10.8. The van der Waals surface area contributed by atoms with E-state index in [1.54, 1.807) is 74.7 Å². The number of aryl methyl sites for hydroxylation is 2. The van der Waals surface area contributed by atoms with Crippen LogP contribution < -0.4 is 22.5 Å². The van der Waals surface area contributed by atoms with Crippen molar-refractivity contribution in [2.75, 3.05) is 13.7 Å². The van der Waals surface area contributed by atoms with Crippen molar-refractivity contribution in [1.29, 1.82) is 0 Å². The summed E-state index contributed by atoms with van der Waals surface area (Å²) >= 11 is 0. The molecular weight excluding hydrogens is 1080 g/mol. The molecule has 2 fully saturated rings. The van der Waals surface area contributed by atoms with Crippen LogP contribution in [-0.4, -0.2) is 82.7 Å². The second-order valence-corrected chi connectivity index (χ2v) is 21.1. The average molecular weight is 1160 g/mol. The van der Waals surface area contributed by atoms with E-state index in [2.05, 4.69) is 10.2 Å². The summed E-state index contributed by atoms with van der Waals surface area (Å²) in [6.07, 6.45) is 14.8. The lowest BCUT2D eigenvalue weighted by Gasteiger charge is -2.35. The molecule has 448 valence electrons. The molecule has 1 atom stereocenters. The topological polar surface area (TPSA) is 196 Å². The Kier molecular flexibility index (Phi) is 19.4. The maximum absolute atomic E-state index is 13.9. The van der Waals surface area contributed by atoms with Crippen LogP contribution in [0, 0.1) is 0 Å². The number of benzene rings is 2. The molecule has 1 saturated carbocycles. The molecule has 2 aromatic carbocycles. The number of imidazole rings is 2. The minimum atomic E-state index is -2.95. The van der Waals surface area contributed by atoms with Crippen LogP contribution in [0.3, 0.4) is 0 Å². The summed E-state index contributed by atoms with van der Waals surface area (Å²) in [5, 5.41) is 8.89. The van der Waals surface area contributed by atoms with Crippen LogP contribution in [0.15, 0.2) is 92.5 Å². The number of methoxy groups -OCH3 is 1. The highest BCUT2D eigenvalue weighted by Gasteiger charge is 2.35. The number of ether oxygens (including phenoxy) is 4. The first-order valence-corrected chi connectivity index (χ1v) is 28.2. The lowest BCUT2D eigenvalue weighted by molar-refractivity contribution is -0.254. The molecule has 24 heteroatoms. The van der Waals surface area contributed by atoms with Gasteiger partial charge in [0.1, 0.15) is 25.1 Å². The Labute approximate surface area is 477 Å². The Morgan fingerprint density at radius 3 is 1.54 bits per heavy atom. The molecule has 0 amide bonds. The van der Waals surface area contributed by atoms with Gasteiger partial charge in [0.05, 0.1) is 36.6 Å². The van der Waals surface area contributed by atoms with Crippen LogP contribution in [0.1, 0.15) is 135 Å². The predicted octanol–water partition coefficient (Wildman–Crippen LogP) is 10.0. The number of halogens is 4. The summed E-state index contributed by atoms with van der Waals surface area (Å²) in [5.41, 5.74) is 1.82. The number of hydrogen-bond acceptors (Lipinski definition) is 12. The van der Waals surface area contributed by atoms with E-state index in [1.807, 2.05) is 27.7 Å². The van der Waals surface area contributed by atoms with Crippen LogP contribution in [-0.2, 0) is 83.5 Å². The van der Waals surface area contributed by atoms with Gasteiger partial charge >= 0.3 is 11.4 Å². The number of nitrogens with zero attached hydrogens (tertiary/aromatic N) is 12. The third-order valence-electron chi connectivity index (χ3n) is 15.1. The summed E-state index contributed by atoms with van der Waals surface area (Å²) in [6, 6.07) is 12.5. The van der Waals surface area contributed by atoms with Gasteiger partial charge in [-0.3, -0.25) is 46.4 Å². The standard InChI is InChI=1S/C30H38F2N6O4.C28H34F2N6O4.CH4/c1-5-15-37-27(39)24-26(36(6-2)28(37)40)34-25(38(24)20-42-30(41-4)13-8-7-9-14-30)22-17-33-35(19-22)18-21-11-10-12-23(16-21)29(3,31)32;1-4-12-35-26(37)23-25(34(5-2)27(35)38)32-24(36(23)18-40-22-11-6-7-13-39-22)20-15-31-33(17-20)16-19-9-8-10-21(14-19)28(3,29)30;/h10-12,16-17,19H,5-9,13-15,18,20H2,1-4H3;8-10,14-15,17,22H,4-7,11-13,16,18H2,1-3H3;1H4. The van der Waals surface area contributed by atoms with E-state index >= 15 is 0 Å². The molecule has 1 unspecified atom stereocenters. The highest BCUT2D eigenvalue weighted by molar-refractivity contribution is 5.78. The third kappa shape index (κ3) is 13.2. The number of fused-ring (bicyclic) bond motifs is 2. The molecule has 1 saturated heterocycles. The Morgan fingerprint density at radius 2 is 1.12 bits per heavy atom. The average Bonchev–Trinajstić information content (AvgIpc) is 3.13. The van der Waals surface area contributed by atoms with Gasteiger partial charge in [-0.25, -0.2) is 37.1 Å². The molecule has 0 spiro atoms. The zero-order valence-corrected chi connectivity index (χ0v) is 47.6. The minimum absolute atomic E-state index is 0. The minimum Gasteiger partial charge on any atom is -0.353 e. The lowest BCUT2D eigenvalue weighted by atomic mass is 9.94. The lowest BCUT2D eigenvalue weighted by Crippen LogP contribution is -2.41. The molecule has 8 aromatic rings. The maximum Gasteiger partial charge on any atom is 0.332 e. The first kappa shape index (κ1) is 61.8. The third-order valence-corrected chi connectivity index (χ3v) is 15.1. The van der Waals surface area contributed by atoms with Crippen molar-refractivity contribution in [3.63, 3.8) is 0 Å². The largest absolute Gasteiger partial charge is 0.353 e. The summed E-state index contributed by atoms with van der Waals surface area (Å²) in [7, 11) is 1.63. The zero-order valence-electron chi connectivity index (χ0n) is 47.6. The molecule has 20 nitrogen and oxygen atoms in total. The normalized spacial score (nSPS) is 15.6. The Hall–Kier alpha value is -7.28. The molecule has 1 aliphatic heterocycles. The van der Waals surface area contributed by atoms with Crippen LogP contribution in [0.25, 0.3) is 45.1 Å². The predicted molar refractivity (Wildman–Crippen MR) is 306 cm³/mol. The van der Waals surface area contributed by atoms with Crippen LogP contribution >= 0.6 is 0 Å². The molecule has 0 bridgehead atoms. The molecule has 10 rings (SSSR count). The monoisotopic (exact) mass is 1160 g/mol. The van der Waals surface area contributed by atoms with Crippen molar-refractivity contribution in [3.05, 3.63) is 137 Å². The van der Waals surface area contributed by atoms with Gasteiger partial charge in [-0.2, -0.15) is 10.2 Å². The molecule has 6 aromatic heterocycles. The van der Waals surface area contributed by atoms with E-state index in [0.29, 0.717) is 66.4 Å². The summed E-state index contributed by atoms with van der Waals surface area (Å²) in [4.78, 5) is 63.3. The number of aromatic nitrogens is 12. The van der Waals surface area contributed by atoms with Gasteiger partial charge < -0.3 is 18.9 Å². The van der Waals surface area contributed by atoms with Crippen LogP contribution in [0.4, 0.5) is 17.6 Å². The van der Waals surface area contributed by atoms with Crippen molar-refractivity contribution in [1.82, 2.24) is 56.9 Å². The van der Waals surface area contributed by atoms with E-state index in [-0.39, 0.29) is 80.5 Å². The second-order valence-electron chi connectivity index (χ2n) is 21.1. The summed E-state index contributed by atoms with van der Waals surface area (Å²) < 4.78 is 91.6. The van der Waals surface area contributed by atoms with E-state index in [4.69, 9.17) is 28.9 Å². The van der Waals surface area contributed by atoms with Gasteiger partial charge in [0.25, 0.3) is 23.0 Å². The Balaban J connectivity index is 0.000000215. The first-order chi connectivity index (χ1) is 39.3. The quantitative estimate of drug-likeness (QED) is 0.0489. The van der Waals surface area contributed by atoms with E-state index < -0.39 is 46.4 Å². The van der Waals surface area contributed by atoms with Crippen molar-refractivity contribution in [2.24, 2.45) is 0 Å². The smallest absolute Gasteiger partial charge is 0.332 e. The van der Waals surface area contributed by atoms with Gasteiger partial charge in [0.15, 0.2) is 34.4 Å². The van der Waals surface area contributed by atoms with E-state index in [0.717, 1.165) is 65.2 Å². The van der Waals surface area contributed by atoms with Crippen molar-refractivity contribution in [2.45, 2.75) is 190 Å². The van der Waals surface area contributed by atoms with Gasteiger partial charge in [-0.1, -0.05) is 64.1 Å². The Bertz CT molecular complexity index is 3770. The molecule has 7 heterocycles. The number of rotatable bonds is 21. The molecular formula is C59H76F4N12O8. The highest BCUT2D eigenvalue weighted by Crippen LogP contribution is 2.35. The number of alkyl halides is 4. The van der Waals surface area contributed by atoms with Crippen molar-refractivity contribution in [3.8, 4) is 22.8 Å². The van der Waals surface area contributed by atoms with E-state index in [9.17, 15) is 36.7 Å². The van der Waals surface area contributed by atoms with Gasteiger partial charge in [0.2, 0.25) is 0 Å². The fourth-order valence-corrected chi connectivity index (χ4v) is 10.8. The highest BCUT2D eigenvalue weighted by atomic mass is 19.3. The van der Waals surface area contributed by atoms with Gasteiger partial charge in [-0.05, 0) is 82.1 Å². The SMILES string of the molecule is C.CCCn1c(=O)c2c(nc(-c3cnn(Cc4cccc(C(C)(F)F)c4)c3)n2COC2(OC)CCCCC2)n(CC)c1=O.CCCn1c(=O)c2c(nc(-c3cnn(Cc4cccc(C(C)(F)F)c4)c3)n2COC2CCCCO2)n(CC)c1=O. The molecule has 1 aliphatic carbocycles. The van der Waals surface area contributed by atoms with E-state index in [1.165, 1.54) is 42.5 Å². The zero-order chi connectivity index (χ0) is 58.5. The van der Waals surface area contributed by atoms with Crippen molar-refractivity contribution >= 4 is 22.3 Å². The molecule has 0 N–H and O–H groups in total. The molecule has 2 aliphatic rings. The number of hydrogen-bond donors (Lipinski definition) is 0. The molecule has 0 radical (unpaired) electrons. The summed E-state index contributed by atoms with van der Waals surface area (Å²) in [6.45, 7) is 11.6. The second kappa shape index (κ2) is 26.1.